The van der Waals surface area contributed by atoms with Crippen molar-refractivity contribution < 1.29 is 38.1 Å². The Morgan fingerprint density at radius 1 is 0.636 bits per heavy atom. The number of carbonyl (C=O) groups excluding carboxylic acids is 4. The van der Waals surface area contributed by atoms with E-state index in [9.17, 15) is 19.2 Å². The molecule has 0 radical (unpaired) electrons. The van der Waals surface area contributed by atoms with Gasteiger partial charge in [0.05, 0.1) is 52.1 Å². The van der Waals surface area contributed by atoms with E-state index in [0.29, 0.717) is 12.8 Å². The van der Waals surface area contributed by atoms with E-state index in [2.05, 4.69) is 0 Å². The van der Waals surface area contributed by atoms with Crippen LogP contribution in [0, 0.1) is 30.6 Å². The molecule has 0 bridgehead atoms. The molecule has 0 saturated heterocycles. The van der Waals surface area contributed by atoms with Crippen LogP contribution in [0.15, 0.2) is 0 Å². The first-order valence-electron chi connectivity index (χ1n) is 10.8. The van der Waals surface area contributed by atoms with Crippen molar-refractivity contribution in [3.63, 3.8) is 0 Å². The average molecular weight is 481 g/mol. The van der Waals surface area contributed by atoms with Crippen molar-refractivity contribution in [1.82, 2.24) is 0 Å². The molecule has 2 aliphatic rings. The number of benzene rings is 1. The van der Waals surface area contributed by atoms with E-state index in [0.717, 1.165) is 33.4 Å². The summed E-state index contributed by atoms with van der Waals surface area (Å²) in [5.41, 5.74) is 5.43. The molecular formula is C24H29ClO8. The molecule has 0 spiro atoms. The molecule has 0 fully saturated rings. The summed E-state index contributed by atoms with van der Waals surface area (Å²) in [5.74, 6) is -4.50. The lowest BCUT2D eigenvalue weighted by molar-refractivity contribution is -0.158. The predicted octanol–water partition coefficient (Wildman–Crippen LogP) is 2.09. The standard InChI is InChI=1S/C24H29ClO8/c1-11-12-6-16(21(26)30-2)18(23(28)32-4)8-14(12)20(10-25)15-9-19(24(29)33-5)17(7-13(11)15)22(27)31-3/h16-19H,6-10H2,1-5H3/t16-,17+,18+,19-. The maximum atomic E-state index is 12.5. The highest BCUT2D eigenvalue weighted by Crippen LogP contribution is 2.44. The Kier molecular flexibility index (Phi) is 7.67. The Bertz CT molecular complexity index is 912. The molecule has 0 unspecified atom stereocenters. The van der Waals surface area contributed by atoms with Gasteiger partial charge in [-0.3, -0.25) is 19.2 Å². The van der Waals surface area contributed by atoms with Gasteiger partial charge in [-0.15, -0.1) is 11.6 Å². The lowest BCUT2D eigenvalue weighted by Crippen LogP contribution is -2.41. The quantitative estimate of drug-likeness (QED) is 0.358. The molecule has 1 aromatic carbocycles. The number of carbonyl (C=O) groups is 4. The molecule has 0 heterocycles. The van der Waals surface area contributed by atoms with Crippen LogP contribution in [0.1, 0.15) is 33.4 Å². The summed E-state index contributed by atoms with van der Waals surface area (Å²) >= 11 is 6.41. The van der Waals surface area contributed by atoms with Crippen LogP contribution in [0.25, 0.3) is 0 Å². The van der Waals surface area contributed by atoms with Gasteiger partial charge in [0.2, 0.25) is 0 Å². The Morgan fingerprint density at radius 3 is 1.15 bits per heavy atom. The topological polar surface area (TPSA) is 105 Å². The van der Waals surface area contributed by atoms with Crippen molar-refractivity contribution in [2.45, 2.75) is 38.5 Å². The van der Waals surface area contributed by atoms with Crippen molar-refractivity contribution in [3.05, 3.63) is 33.4 Å². The molecule has 33 heavy (non-hydrogen) atoms. The van der Waals surface area contributed by atoms with E-state index >= 15 is 0 Å². The Balaban J connectivity index is 2.19. The fourth-order valence-corrected chi connectivity index (χ4v) is 5.76. The molecule has 3 rings (SSSR count). The molecule has 9 heteroatoms. The summed E-state index contributed by atoms with van der Waals surface area (Å²) < 4.78 is 19.9. The van der Waals surface area contributed by atoms with E-state index in [1.165, 1.54) is 28.4 Å². The average Bonchev–Trinajstić information content (AvgIpc) is 2.85. The molecule has 0 aliphatic heterocycles. The van der Waals surface area contributed by atoms with Crippen LogP contribution < -0.4 is 0 Å². The van der Waals surface area contributed by atoms with Crippen molar-refractivity contribution in [1.29, 1.82) is 0 Å². The second-order valence-corrected chi connectivity index (χ2v) is 8.75. The van der Waals surface area contributed by atoms with Crippen LogP contribution in [-0.2, 0) is 69.7 Å². The summed E-state index contributed by atoms with van der Waals surface area (Å²) in [5, 5.41) is 0. The molecule has 0 amide bonds. The summed E-state index contributed by atoms with van der Waals surface area (Å²) in [6.07, 6.45) is 1.16. The van der Waals surface area contributed by atoms with Gasteiger partial charge < -0.3 is 18.9 Å². The number of alkyl halides is 1. The second kappa shape index (κ2) is 10.1. The molecule has 4 atom stereocenters. The second-order valence-electron chi connectivity index (χ2n) is 8.49. The summed E-state index contributed by atoms with van der Waals surface area (Å²) in [7, 11) is 5.18. The van der Waals surface area contributed by atoms with E-state index in [-0.39, 0.29) is 18.7 Å². The van der Waals surface area contributed by atoms with Gasteiger partial charge in [-0.2, -0.15) is 0 Å². The van der Waals surface area contributed by atoms with E-state index in [1.54, 1.807) is 0 Å². The predicted molar refractivity (Wildman–Crippen MR) is 118 cm³/mol. The molecule has 0 saturated carbocycles. The summed E-state index contributed by atoms with van der Waals surface area (Å²) in [6, 6.07) is 0. The van der Waals surface area contributed by atoms with Crippen LogP contribution in [0.2, 0.25) is 0 Å². The van der Waals surface area contributed by atoms with Gasteiger partial charge >= 0.3 is 23.9 Å². The Labute approximate surface area is 197 Å². The Hall–Kier alpha value is -2.61. The number of esters is 4. The first kappa shape index (κ1) is 25.0. The first-order valence-corrected chi connectivity index (χ1v) is 11.3. The normalized spacial score (nSPS) is 23.6. The lowest BCUT2D eigenvalue weighted by atomic mass is 9.67. The summed E-state index contributed by atoms with van der Waals surface area (Å²) in [6.45, 7) is 1.94. The maximum absolute atomic E-state index is 12.5. The van der Waals surface area contributed by atoms with Crippen LogP contribution in [0.5, 0.6) is 0 Å². The highest BCUT2D eigenvalue weighted by molar-refractivity contribution is 6.17. The number of rotatable bonds is 5. The van der Waals surface area contributed by atoms with Gasteiger partial charge in [-0.25, -0.2) is 0 Å². The van der Waals surface area contributed by atoms with Gasteiger partial charge in [-0.05, 0) is 66.0 Å². The van der Waals surface area contributed by atoms with Crippen LogP contribution >= 0.6 is 11.6 Å². The Morgan fingerprint density at radius 2 is 0.909 bits per heavy atom. The fraction of sp³-hybridized carbons (Fsp3) is 0.583. The zero-order chi connectivity index (χ0) is 24.4. The van der Waals surface area contributed by atoms with Crippen LogP contribution in [0.4, 0.5) is 0 Å². The zero-order valence-electron chi connectivity index (χ0n) is 19.5. The van der Waals surface area contributed by atoms with Crippen molar-refractivity contribution in [2.24, 2.45) is 23.7 Å². The number of fused-ring (bicyclic) bond motifs is 2. The summed E-state index contributed by atoms with van der Waals surface area (Å²) in [4.78, 5) is 50.1. The van der Waals surface area contributed by atoms with Gasteiger partial charge in [0, 0.05) is 5.88 Å². The molecular weight excluding hydrogens is 452 g/mol. The molecule has 1 aromatic rings. The van der Waals surface area contributed by atoms with Crippen LogP contribution in [0.3, 0.4) is 0 Å². The third-order valence-corrected chi connectivity index (χ3v) is 7.45. The minimum atomic E-state index is -0.697. The number of hydrogen-bond donors (Lipinski definition) is 0. The fourth-order valence-electron chi connectivity index (χ4n) is 5.43. The third kappa shape index (κ3) is 4.33. The number of hydrogen-bond acceptors (Lipinski definition) is 8. The van der Waals surface area contributed by atoms with E-state index in [1.807, 2.05) is 6.92 Å². The molecule has 2 aliphatic carbocycles. The van der Waals surface area contributed by atoms with Crippen molar-refractivity contribution >= 4 is 35.5 Å². The first-order chi connectivity index (χ1) is 15.7. The zero-order valence-corrected chi connectivity index (χ0v) is 20.2. The molecule has 0 N–H and O–H groups in total. The molecule has 0 aromatic heterocycles. The number of halogens is 1. The van der Waals surface area contributed by atoms with Gasteiger partial charge in [0.1, 0.15) is 0 Å². The van der Waals surface area contributed by atoms with E-state index < -0.39 is 47.5 Å². The van der Waals surface area contributed by atoms with Gasteiger partial charge in [-0.1, -0.05) is 0 Å². The smallest absolute Gasteiger partial charge is 0.309 e. The molecule has 180 valence electrons. The minimum Gasteiger partial charge on any atom is -0.469 e. The number of methoxy groups -OCH3 is 4. The monoisotopic (exact) mass is 480 g/mol. The molecule has 8 nitrogen and oxygen atoms in total. The van der Waals surface area contributed by atoms with Gasteiger partial charge in [0.15, 0.2) is 0 Å². The van der Waals surface area contributed by atoms with Crippen molar-refractivity contribution in [2.75, 3.05) is 28.4 Å². The maximum Gasteiger partial charge on any atom is 0.309 e. The lowest BCUT2D eigenvalue weighted by Gasteiger charge is -2.37. The number of ether oxygens (including phenoxy) is 4. The van der Waals surface area contributed by atoms with Crippen molar-refractivity contribution in [3.8, 4) is 0 Å². The van der Waals surface area contributed by atoms with Gasteiger partial charge in [0.25, 0.3) is 0 Å². The SMILES string of the molecule is COC(=O)[C@H]1Cc2c(c(C)c3c(c2CCl)C[C@@H](C(=O)OC)[C@@H](C(=O)OC)C3)C[C@H]1C(=O)OC. The minimum absolute atomic E-state index is 0.165. The largest absolute Gasteiger partial charge is 0.469 e. The van der Waals surface area contributed by atoms with E-state index in [4.69, 9.17) is 30.5 Å². The highest BCUT2D eigenvalue weighted by atomic mass is 35.5. The highest BCUT2D eigenvalue weighted by Gasteiger charge is 2.45. The third-order valence-electron chi connectivity index (χ3n) is 7.18. The van der Waals surface area contributed by atoms with Crippen LogP contribution in [-0.4, -0.2) is 52.3 Å².